The van der Waals surface area contributed by atoms with Crippen LogP contribution in [0.2, 0.25) is 0 Å². The number of anilines is 1. The fourth-order valence-electron chi connectivity index (χ4n) is 1.24. The molecule has 3 heterocycles. The average molecular weight is 254 g/mol. The summed E-state index contributed by atoms with van der Waals surface area (Å²) in [5.41, 5.74) is -0.781. The number of phosphoric acid groups is 1. The van der Waals surface area contributed by atoms with Crippen LogP contribution in [0.5, 0.6) is 0 Å². The second-order valence-corrected chi connectivity index (χ2v) is 4.31. The highest BCUT2D eigenvalue weighted by Gasteiger charge is 2.61. The van der Waals surface area contributed by atoms with Crippen molar-refractivity contribution >= 4 is 13.5 Å². The summed E-state index contributed by atoms with van der Waals surface area (Å²) in [4.78, 5) is 0. The molecule has 6 nitrogen and oxygen atoms in total. The van der Waals surface area contributed by atoms with E-state index in [1.54, 1.807) is 0 Å². The number of fused-ring (bicyclic) bond motifs is 1. The minimum Gasteiger partial charge on any atom is -0.222 e. The number of rotatable bonds is 1. The van der Waals surface area contributed by atoms with Gasteiger partial charge in [0.05, 0.1) is 5.34 Å². The molecule has 16 heavy (non-hydrogen) atoms. The van der Waals surface area contributed by atoms with Gasteiger partial charge >= 0.3 is 7.82 Å². The molecular weight excluding hydrogens is 252 g/mol. The van der Waals surface area contributed by atoms with Gasteiger partial charge in [-0.25, -0.2) is 17.7 Å². The van der Waals surface area contributed by atoms with Crippen molar-refractivity contribution in [2.45, 2.75) is 0 Å². The van der Waals surface area contributed by atoms with Gasteiger partial charge in [0.15, 0.2) is 17.3 Å². The number of halogens is 3. The number of benzene rings is 1. The average Bonchev–Trinajstić information content (AvgIpc) is 2.55. The molecule has 0 saturated carbocycles. The Morgan fingerprint density at radius 1 is 1.06 bits per heavy atom. The van der Waals surface area contributed by atoms with Crippen molar-refractivity contribution in [1.29, 1.82) is 0 Å². The van der Waals surface area contributed by atoms with Gasteiger partial charge in [-0.05, 0) is 0 Å². The zero-order valence-electron chi connectivity index (χ0n) is 7.26. The third kappa shape index (κ3) is 1.27. The summed E-state index contributed by atoms with van der Waals surface area (Å²) in [6.45, 7) is 0. The molecule has 10 heteroatoms. The van der Waals surface area contributed by atoms with Crippen molar-refractivity contribution in [3.8, 4) is 0 Å². The molecule has 3 aliphatic heterocycles. The molecule has 86 valence electrons. The molecule has 0 unspecified atom stereocenters. The topological polar surface area (TPSA) is 51.2 Å². The zero-order valence-corrected chi connectivity index (χ0v) is 8.16. The first-order valence-corrected chi connectivity index (χ1v) is 5.38. The molecule has 0 aromatic heterocycles. The van der Waals surface area contributed by atoms with E-state index >= 15 is 0 Å². The standard InChI is InChI=1S/C6H2F3N2O4P/c7-3-1-4(8)6(5(9)2-3)10-11-14-16(12,13-10)15-11/h1-2H. The van der Waals surface area contributed by atoms with Gasteiger partial charge in [-0.15, -0.1) is 19.0 Å². The maximum absolute atomic E-state index is 13.3. The minimum atomic E-state index is -3.75. The maximum Gasteiger partial charge on any atom is 0.538 e. The summed E-state index contributed by atoms with van der Waals surface area (Å²) in [6, 6.07) is 0.878. The van der Waals surface area contributed by atoms with Crippen molar-refractivity contribution < 1.29 is 31.6 Å². The monoisotopic (exact) mass is 254 g/mol. The number of hydrazine groups is 1. The fourth-order valence-corrected chi connectivity index (χ4v) is 2.12. The number of hydrogen-bond acceptors (Lipinski definition) is 6. The lowest BCUT2D eigenvalue weighted by Crippen LogP contribution is -2.35. The van der Waals surface area contributed by atoms with Crippen LogP contribution in [0.15, 0.2) is 12.1 Å². The molecule has 3 aliphatic rings. The van der Waals surface area contributed by atoms with Gasteiger partial charge < -0.3 is 0 Å². The van der Waals surface area contributed by atoms with Gasteiger partial charge in [-0.3, -0.25) is 0 Å². The Kier molecular flexibility index (Phi) is 1.86. The Morgan fingerprint density at radius 2 is 1.62 bits per heavy atom. The second-order valence-electron chi connectivity index (χ2n) is 2.92. The SMILES string of the molecule is O=P12ON(O1)N(c1c(F)cc(F)cc1F)O2. The van der Waals surface area contributed by atoms with Crippen molar-refractivity contribution in [1.82, 2.24) is 5.34 Å². The Labute approximate surface area is 86.2 Å². The molecule has 1 aromatic rings. The Balaban J connectivity index is 2.05. The van der Waals surface area contributed by atoms with E-state index in [-0.39, 0.29) is 0 Å². The molecule has 0 N–H and O–H groups in total. The molecule has 0 radical (unpaired) electrons. The predicted octanol–water partition coefficient (Wildman–Crippen LogP) is 2.06. The van der Waals surface area contributed by atoms with Crippen LogP contribution < -0.4 is 5.17 Å². The lowest BCUT2D eigenvalue weighted by Gasteiger charge is -2.21. The van der Waals surface area contributed by atoms with E-state index in [1.807, 2.05) is 0 Å². The van der Waals surface area contributed by atoms with Crippen LogP contribution in [0.1, 0.15) is 0 Å². The highest BCUT2D eigenvalue weighted by Crippen LogP contribution is 2.67. The van der Waals surface area contributed by atoms with Gasteiger partial charge in [0.1, 0.15) is 5.82 Å². The van der Waals surface area contributed by atoms with Gasteiger partial charge in [-0.1, -0.05) is 0 Å². The fraction of sp³-hybridized carbons (Fsp3) is 0. The van der Waals surface area contributed by atoms with E-state index in [9.17, 15) is 17.7 Å². The largest absolute Gasteiger partial charge is 0.538 e. The van der Waals surface area contributed by atoms with Crippen LogP contribution in [0.4, 0.5) is 18.9 Å². The predicted molar refractivity (Wildman–Crippen MR) is 41.5 cm³/mol. The Hall–Kier alpha value is -1.12. The molecule has 4 rings (SSSR count). The Bertz CT molecular complexity index is 493. The highest BCUT2D eigenvalue weighted by atomic mass is 31.2. The molecule has 0 atom stereocenters. The van der Waals surface area contributed by atoms with E-state index in [0.29, 0.717) is 22.6 Å². The van der Waals surface area contributed by atoms with Crippen molar-refractivity contribution in [2.24, 2.45) is 0 Å². The van der Waals surface area contributed by atoms with Crippen molar-refractivity contribution in [3.05, 3.63) is 29.6 Å². The minimum absolute atomic E-state index is 0.366. The van der Waals surface area contributed by atoms with Crippen molar-refractivity contribution in [3.63, 3.8) is 0 Å². The normalized spacial score (nSPS) is 31.7. The van der Waals surface area contributed by atoms with Crippen LogP contribution in [0, 0.1) is 17.5 Å². The summed E-state index contributed by atoms with van der Waals surface area (Å²) in [5, 5.41) is 0.755. The molecule has 0 amide bonds. The van der Waals surface area contributed by atoms with Gasteiger partial charge in [0.2, 0.25) is 0 Å². The smallest absolute Gasteiger partial charge is 0.222 e. The maximum atomic E-state index is 13.3. The van der Waals surface area contributed by atoms with Crippen molar-refractivity contribution in [2.75, 3.05) is 5.17 Å². The molecular formula is C6H2F3N2O4P. The van der Waals surface area contributed by atoms with Crippen LogP contribution in [-0.4, -0.2) is 5.34 Å². The van der Waals surface area contributed by atoms with Gasteiger partial charge in [-0.2, -0.15) is 0 Å². The number of nitrogens with zero attached hydrogens (tertiary/aromatic N) is 2. The van der Waals surface area contributed by atoms with E-state index < -0.39 is 31.0 Å². The van der Waals surface area contributed by atoms with E-state index in [4.69, 9.17) is 0 Å². The number of hydrogen-bond donors (Lipinski definition) is 0. The first kappa shape index (κ1) is 10.1. The lowest BCUT2D eigenvalue weighted by molar-refractivity contribution is -0.319. The Morgan fingerprint density at radius 3 is 2.06 bits per heavy atom. The van der Waals surface area contributed by atoms with Gasteiger partial charge in [0, 0.05) is 12.1 Å². The molecule has 0 aliphatic carbocycles. The van der Waals surface area contributed by atoms with E-state index in [1.165, 1.54) is 0 Å². The molecule has 1 aromatic carbocycles. The summed E-state index contributed by atoms with van der Waals surface area (Å²) in [6.07, 6.45) is 0. The molecule has 0 spiro atoms. The summed E-state index contributed by atoms with van der Waals surface area (Å²) in [7, 11) is -3.75. The first-order chi connectivity index (χ1) is 7.48. The summed E-state index contributed by atoms with van der Waals surface area (Å²) >= 11 is 0. The second kappa shape index (κ2) is 2.96. The van der Waals surface area contributed by atoms with Crippen LogP contribution >= 0.6 is 7.82 Å². The van der Waals surface area contributed by atoms with Crippen LogP contribution in [0.3, 0.4) is 0 Å². The first-order valence-electron chi connectivity index (χ1n) is 3.92. The quantitative estimate of drug-likeness (QED) is 0.715. The molecule has 2 bridgehead atoms. The van der Waals surface area contributed by atoms with Crippen LogP contribution in [0.25, 0.3) is 0 Å². The third-order valence-electron chi connectivity index (χ3n) is 1.84. The summed E-state index contributed by atoms with van der Waals surface area (Å²) < 4.78 is 63.4. The molecule has 3 fully saturated rings. The highest BCUT2D eigenvalue weighted by molar-refractivity contribution is 7.49. The molecule has 3 saturated heterocycles. The third-order valence-corrected chi connectivity index (χ3v) is 2.87. The summed E-state index contributed by atoms with van der Waals surface area (Å²) in [5.74, 6) is -3.58. The van der Waals surface area contributed by atoms with Gasteiger partial charge in [0.25, 0.3) is 0 Å². The lowest BCUT2D eigenvalue weighted by atomic mass is 10.3. The van der Waals surface area contributed by atoms with E-state index in [2.05, 4.69) is 13.9 Å². The zero-order chi connectivity index (χ0) is 11.5. The van der Waals surface area contributed by atoms with Crippen LogP contribution in [-0.2, 0) is 18.4 Å². The van der Waals surface area contributed by atoms with E-state index in [0.717, 1.165) is 0 Å².